The van der Waals surface area contributed by atoms with Gasteiger partial charge in [-0.05, 0) is 74.7 Å². The van der Waals surface area contributed by atoms with Gasteiger partial charge in [0.05, 0.1) is 8.07 Å². The zero-order valence-electron chi connectivity index (χ0n) is 28.1. The van der Waals surface area contributed by atoms with Crippen molar-refractivity contribution in [2.75, 3.05) is 0 Å². The standard InChI is InChI=1S/C25H18NS.C17H22NSi.Ir/c1-16-7-5-8-17(2)24(16)20-10-6-9-19-21-15-18(22-11-3-4-14-26-22)12-13-23(21)27-25(19)20;1-13(2)15-11-16(14-9-7-6-8-10-14)18-12-17(15)19(3,4)5;/h3-11,13-15H,1-2H3;6-9,11-13H,1-5H3;/q2*-1;. The summed E-state index contributed by atoms with van der Waals surface area (Å²) in [5.41, 5.74) is 10.9. The molecular formula is C42H40IrN2SSi-2. The number of benzene rings is 4. The monoisotopic (exact) mass is 825 g/mol. The Morgan fingerprint density at radius 2 is 1.47 bits per heavy atom. The van der Waals surface area contributed by atoms with Gasteiger partial charge in [0.1, 0.15) is 0 Å². The van der Waals surface area contributed by atoms with Gasteiger partial charge in [0.25, 0.3) is 0 Å². The summed E-state index contributed by atoms with van der Waals surface area (Å²) in [6, 6.07) is 40.5. The number of nitrogens with zero attached hydrogens (tertiary/aromatic N) is 2. The summed E-state index contributed by atoms with van der Waals surface area (Å²) in [4.78, 5) is 9.14. The molecule has 0 aliphatic heterocycles. The first kappa shape index (κ1) is 34.6. The van der Waals surface area contributed by atoms with Crippen molar-refractivity contribution in [2.45, 2.75) is 53.3 Å². The molecule has 7 rings (SSSR count). The molecule has 1 radical (unpaired) electrons. The minimum absolute atomic E-state index is 0. The number of fused-ring (bicyclic) bond motifs is 3. The summed E-state index contributed by atoms with van der Waals surface area (Å²) in [7, 11) is -1.34. The molecule has 2 nitrogen and oxygen atoms in total. The molecule has 0 unspecified atom stereocenters. The largest absolute Gasteiger partial charge is 0.305 e. The molecule has 239 valence electrons. The third kappa shape index (κ3) is 7.39. The number of aromatic nitrogens is 2. The zero-order chi connectivity index (χ0) is 32.4. The number of hydrogen-bond acceptors (Lipinski definition) is 3. The van der Waals surface area contributed by atoms with Gasteiger partial charge in [-0.25, -0.2) is 0 Å². The molecule has 0 saturated heterocycles. The molecule has 4 aromatic carbocycles. The first-order chi connectivity index (χ1) is 22.1. The second kappa shape index (κ2) is 14.6. The maximum Gasteiger partial charge on any atom is 0.0799 e. The Hall–Kier alpha value is -3.73. The second-order valence-electron chi connectivity index (χ2n) is 13.2. The van der Waals surface area contributed by atoms with Crippen LogP contribution in [0.15, 0.2) is 109 Å². The van der Waals surface area contributed by atoms with Gasteiger partial charge >= 0.3 is 0 Å². The molecular weight excluding hydrogens is 785 g/mol. The van der Waals surface area contributed by atoms with E-state index >= 15 is 0 Å². The number of aryl methyl sites for hydroxylation is 2. The van der Waals surface area contributed by atoms with Gasteiger partial charge in [-0.1, -0.05) is 99.0 Å². The van der Waals surface area contributed by atoms with E-state index in [0.717, 1.165) is 22.5 Å². The van der Waals surface area contributed by atoms with Crippen LogP contribution in [0.1, 0.15) is 36.5 Å². The van der Waals surface area contributed by atoms with E-state index in [2.05, 4.69) is 136 Å². The molecule has 0 aliphatic rings. The van der Waals surface area contributed by atoms with Crippen LogP contribution in [-0.4, -0.2) is 18.0 Å². The summed E-state index contributed by atoms with van der Waals surface area (Å²) in [5, 5.41) is 4.06. The Kier molecular flexibility index (Phi) is 10.7. The van der Waals surface area contributed by atoms with Crippen LogP contribution >= 0.6 is 11.3 Å². The van der Waals surface area contributed by atoms with E-state index in [9.17, 15) is 0 Å². The Bertz CT molecular complexity index is 2110. The molecule has 3 aromatic heterocycles. The van der Waals surface area contributed by atoms with Crippen LogP contribution in [0.25, 0.3) is 53.8 Å². The van der Waals surface area contributed by atoms with Crippen LogP contribution in [0.4, 0.5) is 0 Å². The van der Waals surface area contributed by atoms with E-state index < -0.39 is 8.07 Å². The Balaban J connectivity index is 0.000000192. The maximum absolute atomic E-state index is 4.66. The van der Waals surface area contributed by atoms with E-state index in [-0.39, 0.29) is 20.1 Å². The van der Waals surface area contributed by atoms with E-state index in [0.29, 0.717) is 5.92 Å². The normalized spacial score (nSPS) is 11.3. The topological polar surface area (TPSA) is 25.8 Å². The van der Waals surface area contributed by atoms with Crippen molar-refractivity contribution in [2.24, 2.45) is 0 Å². The zero-order valence-corrected chi connectivity index (χ0v) is 32.3. The summed E-state index contributed by atoms with van der Waals surface area (Å²) < 4.78 is 2.61. The number of rotatable bonds is 5. The number of thiophene rings is 1. The molecule has 0 aliphatic carbocycles. The van der Waals surface area contributed by atoms with Crippen molar-refractivity contribution in [3.05, 3.63) is 138 Å². The van der Waals surface area contributed by atoms with E-state index in [1.54, 1.807) is 0 Å². The van der Waals surface area contributed by atoms with Crippen LogP contribution < -0.4 is 5.19 Å². The Morgan fingerprint density at radius 1 is 0.723 bits per heavy atom. The van der Waals surface area contributed by atoms with Crippen LogP contribution in [-0.2, 0) is 20.1 Å². The molecule has 0 atom stereocenters. The quantitative estimate of drug-likeness (QED) is 0.128. The number of pyridine rings is 2. The van der Waals surface area contributed by atoms with Crippen LogP contribution in [0, 0.1) is 26.0 Å². The average Bonchev–Trinajstić information content (AvgIpc) is 3.44. The van der Waals surface area contributed by atoms with Crippen molar-refractivity contribution in [3.8, 4) is 33.6 Å². The molecule has 0 spiro atoms. The minimum Gasteiger partial charge on any atom is -0.305 e. The minimum atomic E-state index is -1.34. The summed E-state index contributed by atoms with van der Waals surface area (Å²) >= 11 is 1.85. The average molecular weight is 825 g/mol. The third-order valence-electron chi connectivity index (χ3n) is 8.47. The van der Waals surface area contributed by atoms with Gasteiger partial charge in [-0.15, -0.1) is 59.7 Å². The fourth-order valence-electron chi connectivity index (χ4n) is 6.12. The molecule has 0 bridgehead atoms. The molecule has 47 heavy (non-hydrogen) atoms. The second-order valence-corrected chi connectivity index (χ2v) is 19.3. The molecule has 0 N–H and O–H groups in total. The van der Waals surface area contributed by atoms with Crippen molar-refractivity contribution in [1.29, 1.82) is 0 Å². The fourth-order valence-corrected chi connectivity index (χ4v) is 8.99. The van der Waals surface area contributed by atoms with Gasteiger partial charge in [0.2, 0.25) is 0 Å². The molecule has 0 fully saturated rings. The van der Waals surface area contributed by atoms with Crippen LogP contribution in [0.3, 0.4) is 0 Å². The third-order valence-corrected chi connectivity index (χ3v) is 11.7. The Labute approximate surface area is 298 Å². The first-order valence-electron chi connectivity index (χ1n) is 15.9. The fraction of sp³-hybridized carbons (Fsp3) is 0.190. The van der Waals surface area contributed by atoms with Gasteiger partial charge < -0.3 is 9.97 Å². The van der Waals surface area contributed by atoms with Crippen molar-refractivity contribution < 1.29 is 20.1 Å². The predicted octanol–water partition coefficient (Wildman–Crippen LogP) is 11.4. The SMILES string of the molecule is CC(C)c1cc(-c2[c-]cccc2)ncc1[Si](C)(C)C.Cc1cccc(C)c1-c1cccc2c1sc1c[c-]c(-c3ccccn3)cc12.[Ir]. The summed E-state index contributed by atoms with van der Waals surface area (Å²) in [6.45, 7) is 16.1. The first-order valence-corrected chi connectivity index (χ1v) is 20.3. The van der Waals surface area contributed by atoms with E-state index in [4.69, 9.17) is 0 Å². The Morgan fingerprint density at radius 3 is 2.13 bits per heavy atom. The summed E-state index contributed by atoms with van der Waals surface area (Å²) in [5.74, 6) is 0.534. The van der Waals surface area contributed by atoms with Crippen molar-refractivity contribution >= 4 is 44.8 Å². The maximum atomic E-state index is 4.66. The molecule has 3 heterocycles. The number of hydrogen-bond donors (Lipinski definition) is 0. The molecule has 0 saturated carbocycles. The van der Waals surface area contributed by atoms with Gasteiger partial charge in [0, 0.05) is 37.2 Å². The van der Waals surface area contributed by atoms with Gasteiger partial charge in [-0.2, -0.15) is 11.3 Å². The van der Waals surface area contributed by atoms with Gasteiger partial charge in [0.15, 0.2) is 0 Å². The van der Waals surface area contributed by atoms with Crippen molar-refractivity contribution in [1.82, 2.24) is 9.97 Å². The molecule has 5 heteroatoms. The van der Waals surface area contributed by atoms with Gasteiger partial charge in [-0.3, -0.25) is 0 Å². The van der Waals surface area contributed by atoms with Crippen LogP contribution in [0.2, 0.25) is 19.6 Å². The van der Waals surface area contributed by atoms with Crippen LogP contribution in [0.5, 0.6) is 0 Å². The molecule has 7 aromatic rings. The summed E-state index contributed by atoms with van der Waals surface area (Å²) in [6.07, 6.45) is 3.93. The van der Waals surface area contributed by atoms with E-state index in [1.807, 2.05) is 53.9 Å². The smallest absolute Gasteiger partial charge is 0.0799 e. The molecule has 0 amide bonds. The van der Waals surface area contributed by atoms with E-state index in [1.165, 1.54) is 53.2 Å². The van der Waals surface area contributed by atoms with Crippen molar-refractivity contribution in [3.63, 3.8) is 0 Å². The predicted molar refractivity (Wildman–Crippen MR) is 202 cm³/mol.